The van der Waals surface area contributed by atoms with Crippen LogP contribution in [-0.2, 0) is 9.59 Å². The number of hydrogen-bond donors (Lipinski definition) is 3. The van der Waals surface area contributed by atoms with E-state index in [1.165, 1.54) is 19.3 Å². The van der Waals surface area contributed by atoms with Crippen LogP contribution in [-0.4, -0.2) is 28.8 Å². The molecule has 4 nitrogen and oxygen atoms in total. The van der Waals surface area contributed by atoms with Crippen molar-refractivity contribution in [2.24, 2.45) is 17.8 Å². The molecule has 0 aliphatic heterocycles. The lowest BCUT2D eigenvalue weighted by molar-refractivity contribution is -0.142. The maximum atomic E-state index is 12.1. The van der Waals surface area contributed by atoms with Gasteiger partial charge in [0, 0.05) is 11.7 Å². The van der Waals surface area contributed by atoms with Gasteiger partial charge >= 0.3 is 5.97 Å². The highest BCUT2D eigenvalue weighted by Gasteiger charge is 2.28. The zero-order chi connectivity index (χ0) is 15.8. The van der Waals surface area contributed by atoms with Crippen LogP contribution in [0.2, 0.25) is 0 Å². The molecule has 1 rings (SSSR count). The fraction of sp³-hybridized carbons (Fsp3) is 0.875. The topological polar surface area (TPSA) is 66.4 Å². The molecule has 1 aliphatic rings. The van der Waals surface area contributed by atoms with Crippen molar-refractivity contribution in [1.29, 1.82) is 0 Å². The molecule has 0 unspecified atom stereocenters. The molecular formula is C16H29NO3S. The third kappa shape index (κ3) is 6.72. The van der Waals surface area contributed by atoms with E-state index in [0.717, 1.165) is 37.5 Å². The van der Waals surface area contributed by atoms with Crippen LogP contribution in [0.25, 0.3) is 0 Å². The molecule has 1 saturated carbocycles. The normalized spacial score (nSPS) is 23.8. The second-order valence-corrected chi connectivity index (χ2v) is 6.99. The number of rotatable bonds is 8. The number of carbonyl (C=O) groups is 2. The van der Waals surface area contributed by atoms with Gasteiger partial charge in [0.25, 0.3) is 0 Å². The average Bonchev–Trinajstić information content (AvgIpc) is 2.44. The Kier molecular flexibility index (Phi) is 8.15. The minimum absolute atomic E-state index is 0.0203. The molecule has 21 heavy (non-hydrogen) atoms. The Bertz CT molecular complexity index is 338. The zero-order valence-electron chi connectivity index (χ0n) is 13.2. The lowest BCUT2D eigenvalue weighted by atomic mass is 9.79. The molecule has 0 spiro atoms. The van der Waals surface area contributed by atoms with Crippen molar-refractivity contribution in [2.75, 3.05) is 5.75 Å². The summed E-state index contributed by atoms with van der Waals surface area (Å²) in [5.41, 5.74) is 0. The number of amides is 1. The van der Waals surface area contributed by atoms with Crippen molar-refractivity contribution in [3.8, 4) is 0 Å². The maximum Gasteiger partial charge on any atom is 0.327 e. The standard InChI is InChI=1S/C16H29NO3S/c1-11(2)4-3-5-12-6-8-13(9-7-12)15(18)17-14(10-21)16(19)20/h11-14,21H,3-10H2,1-2H3,(H,17,18)(H,19,20)/t12-,13+,14-/m0/s1. The summed E-state index contributed by atoms with van der Waals surface area (Å²) in [4.78, 5) is 23.0. The molecule has 122 valence electrons. The number of carboxylic acid groups (broad SMARTS) is 1. The van der Waals surface area contributed by atoms with Crippen molar-refractivity contribution < 1.29 is 14.7 Å². The number of carboxylic acids is 1. The molecule has 0 aromatic heterocycles. The van der Waals surface area contributed by atoms with Gasteiger partial charge in [0.1, 0.15) is 6.04 Å². The first-order valence-corrected chi connectivity index (χ1v) is 8.71. The summed E-state index contributed by atoms with van der Waals surface area (Å²) < 4.78 is 0. The minimum atomic E-state index is -1.01. The van der Waals surface area contributed by atoms with Gasteiger partial charge in [0.2, 0.25) is 5.91 Å². The second-order valence-electron chi connectivity index (χ2n) is 6.62. The SMILES string of the molecule is CC(C)CCC[C@H]1CC[C@@H](C(=O)N[C@@H](CS)C(=O)O)CC1. The van der Waals surface area contributed by atoms with Crippen molar-refractivity contribution in [2.45, 2.75) is 64.8 Å². The Morgan fingerprint density at radius 3 is 2.33 bits per heavy atom. The fourth-order valence-corrected chi connectivity index (χ4v) is 3.25. The molecule has 5 heteroatoms. The number of nitrogens with one attached hydrogen (secondary N) is 1. The third-order valence-corrected chi connectivity index (χ3v) is 4.77. The van der Waals surface area contributed by atoms with Gasteiger partial charge in [-0.2, -0.15) is 12.6 Å². The number of hydrogen-bond acceptors (Lipinski definition) is 3. The molecule has 0 aromatic carbocycles. The van der Waals surface area contributed by atoms with Gasteiger partial charge < -0.3 is 10.4 Å². The van der Waals surface area contributed by atoms with E-state index in [-0.39, 0.29) is 17.6 Å². The highest BCUT2D eigenvalue weighted by atomic mass is 32.1. The lowest BCUT2D eigenvalue weighted by Gasteiger charge is -2.28. The first-order valence-electron chi connectivity index (χ1n) is 8.08. The predicted octanol–water partition coefficient (Wildman–Crippen LogP) is 3.12. The van der Waals surface area contributed by atoms with Crippen molar-refractivity contribution in [1.82, 2.24) is 5.32 Å². The molecule has 0 aromatic rings. The summed E-state index contributed by atoms with van der Waals surface area (Å²) in [5, 5.41) is 11.5. The summed E-state index contributed by atoms with van der Waals surface area (Å²) in [5.74, 6) is 0.492. The summed E-state index contributed by atoms with van der Waals surface area (Å²) >= 11 is 3.97. The van der Waals surface area contributed by atoms with E-state index in [1.54, 1.807) is 0 Å². The van der Waals surface area contributed by atoms with Gasteiger partial charge in [-0.05, 0) is 37.5 Å². The number of aliphatic carboxylic acids is 1. The quantitative estimate of drug-likeness (QED) is 0.603. The van der Waals surface area contributed by atoms with E-state index >= 15 is 0 Å². The molecule has 1 atom stereocenters. The van der Waals surface area contributed by atoms with Gasteiger partial charge in [-0.1, -0.05) is 33.1 Å². The van der Waals surface area contributed by atoms with Crippen LogP contribution in [0.3, 0.4) is 0 Å². The van der Waals surface area contributed by atoms with Gasteiger partial charge in [0.15, 0.2) is 0 Å². The molecule has 1 amide bonds. The van der Waals surface area contributed by atoms with Crippen LogP contribution in [0.15, 0.2) is 0 Å². The second kappa shape index (κ2) is 9.34. The molecule has 2 N–H and O–H groups in total. The molecule has 1 fully saturated rings. The van der Waals surface area contributed by atoms with E-state index in [4.69, 9.17) is 5.11 Å². The largest absolute Gasteiger partial charge is 0.480 e. The molecular weight excluding hydrogens is 286 g/mol. The Balaban J connectivity index is 2.28. The maximum absolute atomic E-state index is 12.1. The Morgan fingerprint density at radius 1 is 1.24 bits per heavy atom. The van der Waals surface area contributed by atoms with E-state index < -0.39 is 12.0 Å². The van der Waals surface area contributed by atoms with Gasteiger partial charge in [-0.25, -0.2) is 4.79 Å². The Morgan fingerprint density at radius 2 is 1.86 bits per heavy atom. The van der Waals surface area contributed by atoms with Crippen LogP contribution in [0, 0.1) is 17.8 Å². The number of thiol groups is 1. The first kappa shape index (κ1) is 18.3. The third-order valence-electron chi connectivity index (χ3n) is 4.41. The van der Waals surface area contributed by atoms with Gasteiger partial charge in [0.05, 0.1) is 0 Å². The Labute approximate surface area is 133 Å². The average molecular weight is 315 g/mol. The van der Waals surface area contributed by atoms with Gasteiger partial charge in [-0.15, -0.1) is 0 Å². The zero-order valence-corrected chi connectivity index (χ0v) is 14.1. The summed E-state index contributed by atoms with van der Waals surface area (Å²) in [6.07, 6.45) is 7.78. The summed E-state index contributed by atoms with van der Waals surface area (Å²) in [7, 11) is 0. The first-order chi connectivity index (χ1) is 9.93. The minimum Gasteiger partial charge on any atom is -0.480 e. The van der Waals surface area contributed by atoms with Crippen LogP contribution >= 0.6 is 12.6 Å². The van der Waals surface area contributed by atoms with E-state index in [9.17, 15) is 9.59 Å². The summed E-state index contributed by atoms with van der Waals surface area (Å²) in [6, 6.07) is -0.871. The predicted molar refractivity (Wildman–Crippen MR) is 87.6 cm³/mol. The van der Waals surface area contributed by atoms with Crippen LogP contribution in [0.4, 0.5) is 0 Å². The van der Waals surface area contributed by atoms with Crippen molar-refractivity contribution in [3.05, 3.63) is 0 Å². The lowest BCUT2D eigenvalue weighted by Crippen LogP contribution is -2.45. The molecule has 1 aliphatic carbocycles. The van der Waals surface area contributed by atoms with Gasteiger partial charge in [-0.3, -0.25) is 4.79 Å². The van der Waals surface area contributed by atoms with Crippen LogP contribution in [0.1, 0.15) is 58.8 Å². The number of carbonyl (C=O) groups excluding carboxylic acids is 1. The monoisotopic (exact) mass is 315 g/mol. The Hall–Kier alpha value is -0.710. The van der Waals surface area contributed by atoms with Crippen LogP contribution in [0.5, 0.6) is 0 Å². The van der Waals surface area contributed by atoms with E-state index in [2.05, 4.69) is 31.8 Å². The molecule has 0 radical (unpaired) electrons. The molecule has 0 heterocycles. The highest BCUT2D eigenvalue weighted by Crippen LogP contribution is 2.32. The molecule has 0 saturated heterocycles. The van der Waals surface area contributed by atoms with Crippen LogP contribution < -0.4 is 5.32 Å². The highest BCUT2D eigenvalue weighted by molar-refractivity contribution is 7.80. The molecule has 0 bridgehead atoms. The van der Waals surface area contributed by atoms with E-state index in [1.807, 2.05) is 0 Å². The smallest absolute Gasteiger partial charge is 0.327 e. The summed E-state index contributed by atoms with van der Waals surface area (Å²) in [6.45, 7) is 4.50. The van der Waals surface area contributed by atoms with Crippen molar-refractivity contribution >= 4 is 24.5 Å². The van der Waals surface area contributed by atoms with E-state index in [0.29, 0.717) is 0 Å². The van der Waals surface area contributed by atoms with Crippen molar-refractivity contribution in [3.63, 3.8) is 0 Å². The fourth-order valence-electron chi connectivity index (χ4n) is 3.00.